The van der Waals surface area contributed by atoms with Crippen LogP contribution >= 0.6 is 11.3 Å². The number of aliphatic hydroxyl groups excluding tert-OH is 1. The van der Waals surface area contributed by atoms with E-state index in [1.807, 2.05) is 24.0 Å². The maximum atomic E-state index is 12.1. The van der Waals surface area contributed by atoms with E-state index in [4.69, 9.17) is 5.11 Å². The van der Waals surface area contributed by atoms with Crippen molar-refractivity contribution in [1.29, 1.82) is 0 Å². The Morgan fingerprint density at radius 1 is 1.62 bits per heavy atom. The van der Waals surface area contributed by atoms with Gasteiger partial charge in [0, 0.05) is 24.6 Å². The topological polar surface area (TPSA) is 40.5 Å². The summed E-state index contributed by atoms with van der Waals surface area (Å²) >= 11 is 1.56. The number of aliphatic hydroxyl groups is 1. The molecule has 0 saturated carbocycles. The third-order valence-electron chi connectivity index (χ3n) is 3.06. The summed E-state index contributed by atoms with van der Waals surface area (Å²) in [6, 6.07) is 3.89. The molecule has 1 fully saturated rings. The second kappa shape index (κ2) is 4.97. The lowest BCUT2D eigenvalue weighted by Crippen LogP contribution is -2.28. The van der Waals surface area contributed by atoms with Gasteiger partial charge in [0.1, 0.15) is 0 Å². The molecule has 1 saturated heterocycles. The van der Waals surface area contributed by atoms with Crippen molar-refractivity contribution in [2.24, 2.45) is 5.92 Å². The fourth-order valence-electron chi connectivity index (χ4n) is 2.14. The van der Waals surface area contributed by atoms with Crippen LogP contribution in [-0.2, 0) is 0 Å². The van der Waals surface area contributed by atoms with E-state index < -0.39 is 0 Å². The zero-order valence-electron chi connectivity index (χ0n) is 9.48. The number of nitrogens with zero attached hydrogens (tertiary/aromatic N) is 1. The van der Waals surface area contributed by atoms with Gasteiger partial charge in [-0.15, -0.1) is 11.3 Å². The molecule has 1 aliphatic rings. The molecule has 1 aliphatic heterocycles. The fourth-order valence-corrected chi connectivity index (χ4v) is 2.98. The summed E-state index contributed by atoms with van der Waals surface area (Å²) in [6.07, 6.45) is 1.84. The number of rotatable bonds is 3. The van der Waals surface area contributed by atoms with E-state index >= 15 is 0 Å². The van der Waals surface area contributed by atoms with Gasteiger partial charge in [-0.3, -0.25) is 4.79 Å². The second-order valence-electron chi connectivity index (χ2n) is 4.33. The Balaban J connectivity index is 1.97. The highest BCUT2D eigenvalue weighted by atomic mass is 32.1. The van der Waals surface area contributed by atoms with Crippen molar-refractivity contribution >= 4 is 17.2 Å². The summed E-state index contributed by atoms with van der Waals surface area (Å²) in [7, 11) is 0. The minimum absolute atomic E-state index is 0.151. The summed E-state index contributed by atoms with van der Waals surface area (Å²) in [5.41, 5.74) is 0. The van der Waals surface area contributed by atoms with Crippen molar-refractivity contribution in [3.05, 3.63) is 21.9 Å². The monoisotopic (exact) mass is 239 g/mol. The van der Waals surface area contributed by atoms with Gasteiger partial charge in [-0.2, -0.15) is 0 Å². The van der Waals surface area contributed by atoms with Crippen LogP contribution in [0, 0.1) is 12.8 Å². The van der Waals surface area contributed by atoms with E-state index in [0.29, 0.717) is 5.92 Å². The van der Waals surface area contributed by atoms with Crippen LogP contribution in [0.15, 0.2) is 12.1 Å². The molecule has 2 heterocycles. The quantitative estimate of drug-likeness (QED) is 0.875. The maximum Gasteiger partial charge on any atom is 0.263 e. The number of likely N-dealkylation sites (tertiary alicyclic amines) is 1. The molecule has 0 bridgehead atoms. The predicted molar refractivity (Wildman–Crippen MR) is 64.8 cm³/mol. The summed E-state index contributed by atoms with van der Waals surface area (Å²) in [4.78, 5) is 16.0. The number of amides is 1. The maximum absolute atomic E-state index is 12.1. The lowest BCUT2D eigenvalue weighted by Gasteiger charge is -2.15. The molecule has 1 unspecified atom stereocenters. The van der Waals surface area contributed by atoms with Gasteiger partial charge in [0.2, 0.25) is 0 Å². The van der Waals surface area contributed by atoms with E-state index in [1.54, 1.807) is 11.3 Å². The average molecular weight is 239 g/mol. The Morgan fingerprint density at radius 3 is 3.06 bits per heavy atom. The zero-order chi connectivity index (χ0) is 11.5. The molecule has 1 atom stereocenters. The molecule has 88 valence electrons. The molecular formula is C12H17NO2S. The first-order valence-electron chi connectivity index (χ1n) is 5.67. The Morgan fingerprint density at radius 2 is 2.44 bits per heavy atom. The molecule has 1 aromatic rings. The normalized spacial score (nSPS) is 20.4. The van der Waals surface area contributed by atoms with Crippen LogP contribution < -0.4 is 0 Å². The van der Waals surface area contributed by atoms with Gasteiger partial charge in [0.05, 0.1) is 4.88 Å². The van der Waals surface area contributed by atoms with Gasteiger partial charge in [-0.05, 0) is 37.8 Å². The smallest absolute Gasteiger partial charge is 0.263 e. The first-order chi connectivity index (χ1) is 7.70. The molecule has 0 spiro atoms. The molecular weight excluding hydrogens is 222 g/mol. The third kappa shape index (κ3) is 2.44. The van der Waals surface area contributed by atoms with Crippen LogP contribution in [0.4, 0.5) is 0 Å². The first kappa shape index (κ1) is 11.6. The molecule has 0 aliphatic carbocycles. The molecule has 2 rings (SSSR count). The Labute approximate surface area is 99.7 Å². The number of aryl methyl sites for hydroxylation is 1. The highest BCUT2D eigenvalue weighted by Gasteiger charge is 2.26. The Bertz CT molecular complexity index is 375. The van der Waals surface area contributed by atoms with Gasteiger partial charge >= 0.3 is 0 Å². The summed E-state index contributed by atoms with van der Waals surface area (Å²) in [6.45, 7) is 3.88. The third-order valence-corrected chi connectivity index (χ3v) is 4.05. The summed E-state index contributed by atoms with van der Waals surface area (Å²) in [5.74, 6) is 0.633. The number of thiophene rings is 1. The lowest BCUT2D eigenvalue weighted by atomic mass is 10.1. The van der Waals surface area contributed by atoms with Gasteiger partial charge < -0.3 is 10.0 Å². The molecule has 4 heteroatoms. The van der Waals surface area contributed by atoms with Crippen LogP contribution in [0.3, 0.4) is 0 Å². The summed E-state index contributed by atoms with van der Waals surface area (Å²) < 4.78 is 0. The molecule has 0 radical (unpaired) electrons. The number of carbonyl (C=O) groups excluding carboxylic acids is 1. The van der Waals surface area contributed by atoms with Gasteiger partial charge in [-0.1, -0.05) is 0 Å². The van der Waals surface area contributed by atoms with Crippen LogP contribution in [0.2, 0.25) is 0 Å². The number of carbonyl (C=O) groups is 1. The lowest BCUT2D eigenvalue weighted by molar-refractivity contribution is 0.0789. The van der Waals surface area contributed by atoms with Crippen molar-refractivity contribution in [3.8, 4) is 0 Å². The predicted octanol–water partition coefficient (Wildman–Crippen LogP) is 1.90. The molecule has 1 N–H and O–H groups in total. The van der Waals surface area contributed by atoms with E-state index in [1.165, 1.54) is 4.88 Å². The van der Waals surface area contributed by atoms with Gasteiger partial charge in [0.25, 0.3) is 5.91 Å². The Kier molecular flexibility index (Phi) is 3.61. The second-order valence-corrected chi connectivity index (χ2v) is 5.62. The van der Waals surface area contributed by atoms with Crippen LogP contribution in [0.1, 0.15) is 27.4 Å². The fraction of sp³-hybridized carbons (Fsp3) is 0.583. The van der Waals surface area contributed by atoms with E-state index in [0.717, 1.165) is 30.8 Å². The highest BCUT2D eigenvalue weighted by molar-refractivity contribution is 7.13. The van der Waals surface area contributed by atoms with Crippen LogP contribution in [0.5, 0.6) is 0 Å². The molecule has 3 nitrogen and oxygen atoms in total. The zero-order valence-corrected chi connectivity index (χ0v) is 10.3. The molecule has 0 aromatic carbocycles. The van der Waals surface area contributed by atoms with E-state index in [2.05, 4.69) is 0 Å². The standard InChI is InChI=1S/C12H17NO2S/c1-9-2-3-11(16-9)12(15)13-6-4-10(8-13)5-7-14/h2-3,10,14H,4-8H2,1H3. The minimum Gasteiger partial charge on any atom is -0.396 e. The van der Waals surface area contributed by atoms with Crippen molar-refractivity contribution in [3.63, 3.8) is 0 Å². The number of hydrogen-bond donors (Lipinski definition) is 1. The molecule has 1 amide bonds. The van der Waals surface area contributed by atoms with E-state index in [-0.39, 0.29) is 12.5 Å². The van der Waals surface area contributed by atoms with Crippen LogP contribution in [-0.4, -0.2) is 35.6 Å². The summed E-state index contributed by atoms with van der Waals surface area (Å²) in [5, 5.41) is 8.87. The van der Waals surface area contributed by atoms with Crippen molar-refractivity contribution in [2.45, 2.75) is 19.8 Å². The van der Waals surface area contributed by atoms with Gasteiger partial charge in [-0.25, -0.2) is 0 Å². The minimum atomic E-state index is 0.151. The van der Waals surface area contributed by atoms with Crippen LogP contribution in [0.25, 0.3) is 0 Å². The first-order valence-corrected chi connectivity index (χ1v) is 6.49. The SMILES string of the molecule is Cc1ccc(C(=O)N2CCC(CCO)C2)s1. The van der Waals surface area contributed by atoms with Gasteiger partial charge in [0.15, 0.2) is 0 Å². The van der Waals surface area contributed by atoms with Crippen molar-refractivity contribution in [1.82, 2.24) is 4.90 Å². The average Bonchev–Trinajstić information content (AvgIpc) is 2.87. The highest BCUT2D eigenvalue weighted by Crippen LogP contribution is 2.23. The Hall–Kier alpha value is -0.870. The van der Waals surface area contributed by atoms with Crippen molar-refractivity contribution in [2.75, 3.05) is 19.7 Å². The van der Waals surface area contributed by atoms with Crippen molar-refractivity contribution < 1.29 is 9.90 Å². The molecule has 1 aromatic heterocycles. The van der Waals surface area contributed by atoms with E-state index in [9.17, 15) is 4.79 Å². The molecule has 16 heavy (non-hydrogen) atoms. The number of hydrogen-bond acceptors (Lipinski definition) is 3. The largest absolute Gasteiger partial charge is 0.396 e.